The average Bonchev–Trinajstić information content (AvgIpc) is 3.27. The molecule has 0 saturated carbocycles. The maximum Gasteiger partial charge on any atom is 0.414 e. The van der Waals surface area contributed by atoms with Crippen molar-refractivity contribution in [2.45, 2.75) is 20.8 Å². The second-order valence-corrected chi connectivity index (χ2v) is 7.24. The maximum absolute atomic E-state index is 13.2. The van der Waals surface area contributed by atoms with Gasteiger partial charge in [0.05, 0.1) is 17.8 Å². The van der Waals surface area contributed by atoms with Gasteiger partial charge in [-0.2, -0.15) is 0 Å². The minimum atomic E-state index is -0.368. The fourth-order valence-corrected chi connectivity index (χ4v) is 3.65. The van der Waals surface area contributed by atoms with Gasteiger partial charge in [-0.15, -0.1) is 0 Å². The Morgan fingerprint density at radius 3 is 2.45 bits per heavy atom. The van der Waals surface area contributed by atoms with Crippen LogP contribution in [0.3, 0.4) is 0 Å². The molecule has 6 nitrogen and oxygen atoms in total. The number of nitrogens with zero attached hydrogens (tertiary/aromatic N) is 2. The van der Waals surface area contributed by atoms with Gasteiger partial charge in [0.1, 0.15) is 6.61 Å². The Bertz CT molecular complexity index is 1080. The molecule has 1 aliphatic rings. The van der Waals surface area contributed by atoms with E-state index in [-0.39, 0.29) is 12.0 Å². The molecule has 0 atom stereocenters. The monoisotopic (exact) mass is 389 g/mol. The van der Waals surface area contributed by atoms with Crippen LogP contribution in [-0.2, 0) is 4.74 Å². The molecule has 1 aliphatic heterocycles. The quantitative estimate of drug-likeness (QED) is 0.709. The Hall–Kier alpha value is -3.54. The molecule has 2 aromatic carbocycles. The first-order valence-corrected chi connectivity index (χ1v) is 9.56. The van der Waals surface area contributed by atoms with Crippen LogP contribution in [0.25, 0.3) is 5.69 Å². The maximum atomic E-state index is 13.2. The lowest BCUT2D eigenvalue weighted by atomic mass is 10.1. The molecule has 0 bridgehead atoms. The Morgan fingerprint density at radius 2 is 1.76 bits per heavy atom. The van der Waals surface area contributed by atoms with Gasteiger partial charge >= 0.3 is 6.09 Å². The lowest BCUT2D eigenvalue weighted by molar-refractivity contribution is 0.102. The van der Waals surface area contributed by atoms with Crippen LogP contribution >= 0.6 is 0 Å². The van der Waals surface area contributed by atoms with Gasteiger partial charge in [-0.25, -0.2) is 4.79 Å². The zero-order valence-electron chi connectivity index (χ0n) is 16.7. The van der Waals surface area contributed by atoms with Crippen molar-refractivity contribution in [2.75, 3.05) is 23.4 Å². The summed E-state index contributed by atoms with van der Waals surface area (Å²) in [5, 5.41) is 2.97. The molecule has 0 radical (unpaired) electrons. The number of aryl methyl sites for hydroxylation is 3. The zero-order valence-corrected chi connectivity index (χ0v) is 16.7. The fourth-order valence-electron chi connectivity index (χ4n) is 3.65. The van der Waals surface area contributed by atoms with Crippen LogP contribution in [0.15, 0.2) is 54.6 Å². The Balaban J connectivity index is 1.66. The average molecular weight is 389 g/mol. The molecule has 148 valence electrons. The first-order chi connectivity index (χ1) is 13.9. The molecule has 29 heavy (non-hydrogen) atoms. The zero-order chi connectivity index (χ0) is 20.5. The van der Waals surface area contributed by atoms with Gasteiger partial charge in [0, 0.05) is 22.8 Å². The molecule has 6 heteroatoms. The number of hydrogen-bond acceptors (Lipinski definition) is 3. The van der Waals surface area contributed by atoms with Crippen molar-refractivity contribution in [1.29, 1.82) is 0 Å². The highest BCUT2D eigenvalue weighted by atomic mass is 16.6. The van der Waals surface area contributed by atoms with Gasteiger partial charge in [-0.1, -0.05) is 17.7 Å². The minimum absolute atomic E-state index is 0.197. The van der Waals surface area contributed by atoms with E-state index in [1.165, 1.54) is 0 Å². The number of carbonyl (C=O) groups is 2. The third kappa shape index (κ3) is 3.61. The van der Waals surface area contributed by atoms with E-state index in [9.17, 15) is 9.59 Å². The highest BCUT2D eigenvalue weighted by Gasteiger charge is 2.24. The van der Waals surface area contributed by atoms with Crippen LogP contribution < -0.4 is 10.2 Å². The van der Waals surface area contributed by atoms with Gasteiger partial charge in [0.15, 0.2) is 0 Å². The van der Waals surface area contributed by atoms with E-state index in [0.29, 0.717) is 30.1 Å². The third-order valence-corrected chi connectivity index (χ3v) is 5.09. The van der Waals surface area contributed by atoms with Crippen LogP contribution in [0.1, 0.15) is 27.3 Å². The number of ether oxygens (including phenoxy) is 1. The molecule has 0 unspecified atom stereocenters. The van der Waals surface area contributed by atoms with Crippen LogP contribution in [0.5, 0.6) is 0 Å². The van der Waals surface area contributed by atoms with E-state index in [2.05, 4.69) is 9.88 Å². The van der Waals surface area contributed by atoms with Crippen LogP contribution in [0.4, 0.5) is 16.2 Å². The molecule has 1 N–H and O–H groups in total. The molecule has 4 rings (SSSR count). The number of amides is 2. The second-order valence-electron chi connectivity index (χ2n) is 7.24. The summed E-state index contributed by atoms with van der Waals surface area (Å²) in [5.74, 6) is -0.197. The number of rotatable bonds is 4. The standard InChI is InChI=1S/C23H23N3O3/c1-15-7-10-21(26-16(2)8-9-17(26)3)20(13-15)22(27)24-18-5-4-6-19(14-18)25-11-12-29-23(25)28/h4-10,13-14H,11-12H2,1-3H3,(H,24,27). The molecular weight excluding hydrogens is 366 g/mol. The summed E-state index contributed by atoms with van der Waals surface area (Å²) in [4.78, 5) is 26.5. The van der Waals surface area contributed by atoms with Crippen LogP contribution in [0, 0.1) is 20.8 Å². The largest absolute Gasteiger partial charge is 0.447 e. The van der Waals surface area contributed by atoms with Crippen LogP contribution in [0.2, 0.25) is 0 Å². The van der Waals surface area contributed by atoms with Gasteiger partial charge in [0.25, 0.3) is 5.91 Å². The Morgan fingerprint density at radius 1 is 1.00 bits per heavy atom. The fraction of sp³-hybridized carbons (Fsp3) is 0.217. The molecule has 3 aromatic rings. The van der Waals surface area contributed by atoms with Gasteiger partial charge in [-0.3, -0.25) is 9.69 Å². The number of carbonyl (C=O) groups excluding carboxylic acids is 2. The van der Waals surface area contributed by atoms with E-state index in [1.807, 2.05) is 69.3 Å². The molecule has 1 fully saturated rings. The summed E-state index contributed by atoms with van der Waals surface area (Å²) < 4.78 is 7.07. The Kier molecular flexibility index (Phi) is 4.84. The van der Waals surface area contributed by atoms with Gasteiger partial charge in [0.2, 0.25) is 0 Å². The molecule has 0 aliphatic carbocycles. The number of hydrogen-bond donors (Lipinski definition) is 1. The van der Waals surface area contributed by atoms with E-state index in [1.54, 1.807) is 11.0 Å². The topological polar surface area (TPSA) is 63.6 Å². The summed E-state index contributed by atoms with van der Waals surface area (Å²) in [6, 6.07) is 17.2. The summed E-state index contributed by atoms with van der Waals surface area (Å²) in [6.07, 6.45) is -0.368. The predicted molar refractivity (Wildman–Crippen MR) is 113 cm³/mol. The molecule has 2 heterocycles. The first kappa shape index (κ1) is 18.8. The summed E-state index contributed by atoms with van der Waals surface area (Å²) in [7, 11) is 0. The number of cyclic esters (lactones) is 1. The van der Waals surface area contributed by atoms with Crippen molar-refractivity contribution in [3.8, 4) is 5.69 Å². The molecular formula is C23H23N3O3. The van der Waals surface area contributed by atoms with Gasteiger partial charge < -0.3 is 14.6 Å². The summed E-state index contributed by atoms with van der Waals surface area (Å²) in [5.41, 5.74) is 5.90. The smallest absolute Gasteiger partial charge is 0.414 e. The highest BCUT2D eigenvalue weighted by Crippen LogP contribution is 2.25. The van der Waals surface area contributed by atoms with E-state index in [0.717, 1.165) is 22.6 Å². The molecule has 2 amide bonds. The highest BCUT2D eigenvalue weighted by molar-refractivity contribution is 6.07. The summed E-state index contributed by atoms with van der Waals surface area (Å²) in [6.45, 7) is 6.89. The second kappa shape index (κ2) is 7.47. The van der Waals surface area contributed by atoms with E-state index < -0.39 is 0 Å². The third-order valence-electron chi connectivity index (χ3n) is 5.09. The van der Waals surface area contributed by atoms with E-state index in [4.69, 9.17) is 4.74 Å². The number of anilines is 2. The normalized spacial score (nSPS) is 13.5. The van der Waals surface area contributed by atoms with Crippen molar-refractivity contribution >= 4 is 23.4 Å². The summed E-state index contributed by atoms with van der Waals surface area (Å²) >= 11 is 0. The SMILES string of the molecule is Cc1ccc(-n2c(C)ccc2C)c(C(=O)Nc2cccc(N3CCOC3=O)c2)c1. The Labute approximate surface area is 169 Å². The van der Waals surface area contributed by atoms with Crippen molar-refractivity contribution in [3.05, 3.63) is 77.1 Å². The molecule has 1 saturated heterocycles. The first-order valence-electron chi connectivity index (χ1n) is 9.56. The van der Waals surface area contributed by atoms with Crippen molar-refractivity contribution in [3.63, 3.8) is 0 Å². The van der Waals surface area contributed by atoms with Gasteiger partial charge in [-0.05, 0) is 63.2 Å². The lowest BCUT2D eigenvalue weighted by Crippen LogP contribution is -2.23. The van der Waals surface area contributed by atoms with E-state index >= 15 is 0 Å². The predicted octanol–water partition coefficient (Wildman–Crippen LogP) is 4.61. The number of aromatic nitrogens is 1. The van der Waals surface area contributed by atoms with Crippen molar-refractivity contribution in [2.24, 2.45) is 0 Å². The molecule has 1 aromatic heterocycles. The van der Waals surface area contributed by atoms with Crippen LogP contribution in [-0.4, -0.2) is 29.7 Å². The van der Waals surface area contributed by atoms with Crippen molar-refractivity contribution < 1.29 is 14.3 Å². The number of benzene rings is 2. The van der Waals surface area contributed by atoms with Crippen molar-refractivity contribution in [1.82, 2.24) is 4.57 Å². The number of nitrogens with one attached hydrogen (secondary N) is 1. The molecule has 0 spiro atoms. The minimum Gasteiger partial charge on any atom is -0.447 e. The lowest BCUT2D eigenvalue weighted by Gasteiger charge is -2.17.